The van der Waals surface area contributed by atoms with Gasteiger partial charge >= 0.3 is 0 Å². The molecular formula is C19H22N2O3. The van der Waals surface area contributed by atoms with Crippen molar-refractivity contribution in [2.24, 2.45) is 5.73 Å². The Bertz CT molecular complexity index is 717. The minimum Gasteiger partial charge on any atom is -0.490 e. The molecule has 3 rings (SSSR count). The number of hydrogen-bond donors (Lipinski definition) is 2. The molecular weight excluding hydrogens is 304 g/mol. The summed E-state index contributed by atoms with van der Waals surface area (Å²) in [5, 5.41) is 10.3. The van der Waals surface area contributed by atoms with Crippen LogP contribution in [0.4, 0.5) is 0 Å². The highest BCUT2D eigenvalue weighted by atomic mass is 16.5. The van der Waals surface area contributed by atoms with Crippen LogP contribution in [0.5, 0.6) is 5.75 Å². The number of nitrogens with two attached hydrogens (primary N) is 1. The zero-order valence-electron chi connectivity index (χ0n) is 13.5. The molecule has 0 radical (unpaired) electrons. The molecule has 0 spiro atoms. The zero-order chi connectivity index (χ0) is 16.9. The van der Waals surface area contributed by atoms with Gasteiger partial charge in [0.1, 0.15) is 18.5 Å². The molecule has 0 fully saturated rings. The molecule has 1 amide bonds. The van der Waals surface area contributed by atoms with Crippen LogP contribution in [0.25, 0.3) is 0 Å². The first kappa shape index (κ1) is 16.5. The molecule has 0 bridgehead atoms. The molecule has 3 N–H and O–H groups in total. The number of aliphatic hydroxyl groups is 1. The molecule has 2 aromatic rings. The number of hydrogen-bond acceptors (Lipinski definition) is 4. The molecule has 1 aliphatic rings. The smallest absolute Gasteiger partial charge is 0.252 e. The summed E-state index contributed by atoms with van der Waals surface area (Å²) in [6.07, 6.45) is 0.366. The maximum atomic E-state index is 11.4. The van der Waals surface area contributed by atoms with E-state index in [9.17, 15) is 9.90 Å². The van der Waals surface area contributed by atoms with Gasteiger partial charge in [0.05, 0.1) is 5.56 Å². The Hall–Kier alpha value is -2.37. The van der Waals surface area contributed by atoms with E-state index in [1.165, 1.54) is 11.1 Å². The molecule has 0 saturated heterocycles. The number of rotatable bonds is 6. The second kappa shape index (κ2) is 7.47. The summed E-state index contributed by atoms with van der Waals surface area (Å²) in [4.78, 5) is 13.6. The lowest BCUT2D eigenvalue weighted by Gasteiger charge is -2.30. The van der Waals surface area contributed by atoms with Crippen molar-refractivity contribution in [1.29, 1.82) is 0 Å². The Labute approximate surface area is 141 Å². The van der Waals surface area contributed by atoms with Gasteiger partial charge in [0.25, 0.3) is 5.91 Å². The van der Waals surface area contributed by atoms with Gasteiger partial charge in [-0.25, -0.2) is 0 Å². The maximum absolute atomic E-state index is 11.4. The Morgan fingerprint density at radius 3 is 2.67 bits per heavy atom. The van der Waals surface area contributed by atoms with Crippen LogP contribution in [0.15, 0.2) is 48.5 Å². The number of fused-ring (bicyclic) bond motifs is 1. The number of ether oxygens (including phenoxy) is 1. The number of aliphatic hydroxyl groups excluding tert-OH is 1. The lowest BCUT2D eigenvalue weighted by molar-refractivity contribution is 0.0631. The second-order valence-electron chi connectivity index (χ2n) is 6.08. The molecule has 0 aromatic heterocycles. The van der Waals surface area contributed by atoms with E-state index in [-0.39, 0.29) is 6.61 Å². The van der Waals surface area contributed by atoms with Gasteiger partial charge in [0.15, 0.2) is 0 Å². The average molecular weight is 326 g/mol. The first-order valence-electron chi connectivity index (χ1n) is 8.12. The number of para-hydroxylation sites is 1. The molecule has 1 atom stereocenters. The van der Waals surface area contributed by atoms with E-state index in [1.54, 1.807) is 24.3 Å². The van der Waals surface area contributed by atoms with Crippen molar-refractivity contribution in [2.45, 2.75) is 19.1 Å². The molecule has 0 unspecified atom stereocenters. The van der Waals surface area contributed by atoms with E-state index in [1.807, 2.05) is 6.07 Å². The number of β-amino-alcohol motifs (C(OH)–C–C–N with tert-alkyl or cyclic N) is 1. The summed E-state index contributed by atoms with van der Waals surface area (Å²) >= 11 is 0. The third-order valence-corrected chi connectivity index (χ3v) is 4.26. The molecule has 1 aliphatic heterocycles. The third-order valence-electron chi connectivity index (χ3n) is 4.26. The molecule has 5 nitrogen and oxygen atoms in total. The monoisotopic (exact) mass is 326 g/mol. The summed E-state index contributed by atoms with van der Waals surface area (Å²) < 4.78 is 5.59. The van der Waals surface area contributed by atoms with Crippen molar-refractivity contribution >= 4 is 5.91 Å². The van der Waals surface area contributed by atoms with E-state index in [0.717, 1.165) is 19.5 Å². The molecule has 126 valence electrons. The van der Waals surface area contributed by atoms with Crippen LogP contribution in [0.1, 0.15) is 21.5 Å². The van der Waals surface area contributed by atoms with Crippen molar-refractivity contribution in [3.8, 4) is 5.75 Å². The van der Waals surface area contributed by atoms with Crippen molar-refractivity contribution in [3.05, 3.63) is 65.2 Å². The van der Waals surface area contributed by atoms with E-state index in [4.69, 9.17) is 10.5 Å². The second-order valence-corrected chi connectivity index (χ2v) is 6.08. The largest absolute Gasteiger partial charge is 0.490 e. The summed E-state index contributed by atoms with van der Waals surface area (Å²) in [6.45, 7) is 2.42. The first-order chi connectivity index (χ1) is 11.6. The number of benzene rings is 2. The third kappa shape index (κ3) is 3.93. The molecule has 0 saturated carbocycles. The SMILES string of the molecule is NC(=O)c1ccccc1OC[C@H](O)CN1CCc2ccccc2C1. The van der Waals surface area contributed by atoms with Gasteiger partial charge in [-0.05, 0) is 29.7 Å². The topological polar surface area (TPSA) is 75.8 Å². The summed E-state index contributed by atoms with van der Waals surface area (Å²) in [7, 11) is 0. The van der Waals surface area contributed by atoms with Crippen LogP contribution in [0.2, 0.25) is 0 Å². The average Bonchev–Trinajstić information content (AvgIpc) is 2.60. The van der Waals surface area contributed by atoms with E-state index in [2.05, 4.69) is 23.1 Å². The lowest BCUT2D eigenvalue weighted by atomic mass is 10.00. The highest BCUT2D eigenvalue weighted by Crippen LogP contribution is 2.20. The van der Waals surface area contributed by atoms with Crippen molar-refractivity contribution in [1.82, 2.24) is 4.90 Å². The predicted molar refractivity (Wildman–Crippen MR) is 91.9 cm³/mol. The number of carbonyl (C=O) groups excluding carboxylic acids is 1. The van der Waals surface area contributed by atoms with Gasteiger partial charge in [0.2, 0.25) is 0 Å². The van der Waals surface area contributed by atoms with Gasteiger partial charge in [-0.3, -0.25) is 9.69 Å². The van der Waals surface area contributed by atoms with Crippen molar-refractivity contribution < 1.29 is 14.6 Å². The number of amides is 1. The highest BCUT2D eigenvalue weighted by molar-refractivity contribution is 5.95. The van der Waals surface area contributed by atoms with Gasteiger partial charge in [-0.2, -0.15) is 0 Å². The number of primary amides is 1. The summed E-state index contributed by atoms with van der Waals surface area (Å²) in [6, 6.07) is 15.2. The Morgan fingerprint density at radius 2 is 1.88 bits per heavy atom. The minimum absolute atomic E-state index is 0.127. The van der Waals surface area contributed by atoms with Crippen LogP contribution in [-0.2, 0) is 13.0 Å². The summed E-state index contributed by atoms with van der Waals surface area (Å²) in [5.74, 6) is -0.124. The van der Waals surface area contributed by atoms with Crippen LogP contribution in [0.3, 0.4) is 0 Å². The summed E-state index contributed by atoms with van der Waals surface area (Å²) in [5.41, 5.74) is 8.36. The fourth-order valence-electron chi connectivity index (χ4n) is 3.04. The van der Waals surface area contributed by atoms with Gasteiger partial charge in [-0.1, -0.05) is 36.4 Å². The van der Waals surface area contributed by atoms with Crippen LogP contribution in [-0.4, -0.2) is 41.7 Å². The maximum Gasteiger partial charge on any atom is 0.252 e. The number of carbonyl (C=O) groups is 1. The van der Waals surface area contributed by atoms with Gasteiger partial charge < -0.3 is 15.6 Å². The van der Waals surface area contributed by atoms with E-state index >= 15 is 0 Å². The first-order valence-corrected chi connectivity index (χ1v) is 8.12. The highest BCUT2D eigenvalue weighted by Gasteiger charge is 2.19. The standard InChI is InChI=1S/C19H22N2O3/c20-19(23)17-7-3-4-8-18(17)24-13-16(22)12-21-10-9-14-5-1-2-6-15(14)11-21/h1-8,16,22H,9-13H2,(H2,20,23)/t16-/m1/s1. The number of nitrogens with zero attached hydrogens (tertiary/aromatic N) is 1. The zero-order valence-corrected chi connectivity index (χ0v) is 13.5. The van der Waals surface area contributed by atoms with Crippen LogP contribution in [0, 0.1) is 0 Å². The van der Waals surface area contributed by atoms with Gasteiger partial charge in [0, 0.05) is 19.6 Å². The molecule has 2 aromatic carbocycles. The Kier molecular flexibility index (Phi) is 5.13. The van der Waals surface area contributed by atoms with Crippen LogP contribution < -0.4 is 10.5 Å². The van der Waals surface area contributed by atoms with Crippen molar-refractivity contribution in [2.75, 3.05) is 19.7 Å². The predicted octanol–water partition coefficient (Wildman–Crippen LogP) is 1.58. The molecule has 5 heteroatoms. The van der Waals surface area contributed by atoms with Crippen molar-refractivity contribution in [3.63, 3.8) is 0 Å². The normalized spacial score (nSPS) is 15.5. The van der Waals surface area contributed by atoms with E-state index in [0.29, 0.717) is 17.9 Å². The van der Waals surface area contributed by atoms with Gasteiger partial charge in [-0.15, -0.1) is 0 Å². The molecule has 1 heterocycles. The lowest BCUT2D eigenvalue weighted by Crippen LogP contribution is -2.38. The fraction of sp³-hybridized carbons (Fsp3) is 0.316. The Morgan fingerprint density at radius 1 is 1.17 bits per heavy atom. The molecule has 0 aliphatic carbocycles. The van der Waals surface area contributed by atoms with E-state index < -0.39 is 12.0 Å². The minimum atomic E-state index is -0.629. The Balaban J connectivity index is 1.54. The fourth-order valence-corrected chi connectivity index (χ4v) is 3.04. The van der Waals surface area contributed by atoms with Crippen LogP contribution >= 0.6 is 0 Å². The quantitative estimate of drug-likeness (QED) is 0.845. The molecule has 24 heavy (non-hydrogen) atoms.